The van der Waals surface area contributed by atoms with Gasteiger partial charge in [0.2, 0.25) is 0 Å². The van der Waals surface area contributed by atoms with E-state index in [2.05, 4.69) is 41.5 Å². The zero-order valence-electron chi connectivity index (χ0n) is 12.0. The van der Waals surface area contributed by atoms with Crippen LogP contribution in [0.4, 0.5) is 0 Å². The van der Waals surface area contributed by atoms with E-state index in [1.165, 1.54) is 33.4 Å². The summed E-state index contributed by atoms with van der Waals surface area (Å²) in [6, 6.07) is 0.197. The van der Waals surface area contributed by atoms with Crippen molar-refractivity contribution in [1.82, 2.24) is 0 Å². The van der Waals surface area contributed by atoms with Gasteiger partial charge in [-0.1, -0.05) is 13.3 Å². The number of hydrogen-bond acceptors (Lipinski definition) is 1. The molecule has 1 aromatic carbocycles. The Morgan fingerprint density at radius 2 is 1.18 bits per heavy atom. The summed E-state index contributed by atoms with van der Waals surface area (Å²) in [5.74, 6) is 0. The molecule has 0 saturated heterocycles. The fraction of sp³-hybridized carbons (Fsp3) is 0.600. The molecule has 0 amide bonds. The van der Waals surface area contributed by atoms with Crippen molar-refractivity contribution in [2.45, 2.75) is 60.4 Å². The minimum atomic E-state index is 0. The van der Waals surface area contributed by atoms with Crippen LogP contribution in [0.15, 0.2) is 0 Å². The maximum Gasteiger partial charge on any atom is 0.0300 e. The number of nitrogens with two attached hydrogens (primary N) is 1. The summed E-state index contributed by atoms with van der Waals surface area (Å²) in [6.45, 7) is 13.2. The molecule has 0 aliphatic heterocycles. The second kappa shape index (κ2) is 6.42. The Morgan fingerprint density at radius 3 is 1.53 bits per heavy atom. The zero-order chi connectivity index (χ0) is 12.5. The van der Waals surface area contributed by atoms with Gasteiger partial charge in [-0.05, 0) is 74.4 Å². The van der Waals surface area contributed by atoms with E-state index in [1.807, 2.05) is 0 Å². The van der Waals surface area contributed by atoms with Crippen LogP contribution in [0, 0.1) is 34.6 Å². The molecule has 1 atom stereocenters. The van der Waals surface area contributed by atoms with Crippen LogP contribution in [0.1, 0.15) is 59.2 Å². The van der Waals surface area contributed by atoms with E-state index in [4.69, 9.17) is 5.73 Å². The van der Waals surface area contributed by atoms with E-state index in [0.717, 1.165) is 12.8 Å². The molecule has 1 rings (SSSR count). The van der Waals surface area contributed by atoms with Crippen LogP contribution in [-0.4, -0.2) is 0 Å². The summed E-state index contributed by atoms with van der Waals surface area (Å²) in [6.07, 6.45) is 2.22. The average Bonchev–Trinajstić information content (AvgIpc) is 2.24. The first-order valence-corrected chi connectivity index (χ1v) is 6.24. The number of rotatable bonds is 3. The zero-order valence-corrected chi connectivity index (χ0v) is 12.8. The quantitative estimate of drug-likeness (QED) is 0.849. The van der Waals surface area contributed by atoms with Gasteiger partial charge in [0, 0.05) is 6.04 Å². The molecular formula is C15H26ClN. The van der Waals surface area contributed by atoms with E-state index in [-0.39, 0.29) is 18.4 Å². The fourth-order valence-corrected chi connectivity index (χ4v) is 2.54. The van der Waals surface area contributed by atoms with Crippen LogP contribution in [-0.2, 0) is 0 Å². The summed E-state index contributed by atoms with van der Waals surface area (Å²) < 4.78 is 0. The van der Waals surface area contributed by atoms with Crippen LogP contribution in [0.2, 0.25) is 0 Å². The van der Waals surface area contributed by atoms with Gasteiger partial charge in [-0.3, -0.25) is 0 Å². The smallest absolute Gasteiger partial charge is 0.0300 e. The van der Waals surface area contributed by atoms with E-state index in [1.54, 1.807) is 0 Å². The third-order valence-corrected chi connectivity index (χ3v) is 4.03. The fourth-order valence-electron chi connectivity index (χ4n) is 2.54. The van der Waals surface area contributed by atoms with Crippen molar-refractivity contribution in [1.29, 1.82) is 0 Å². The molecule has 0 heterocycles. The summed E-state index contributed by atoms with van der Waals surface area (Å²) in [5, 5.41) is 0. The SMILES string of the molecule is CCC[C@H](N)c1c(C)c(C)c(C)c(C)c1C.Cl. The Bertz CT molecular complexity index is 367. The van der Waals surface area contributed by atoms with Crippen LogP contribution in [0.3, 0.4) is 0 Å². The van der Waals surface area contributed by atoms with Gasteiger partial charge in [0.25, 0.3) is 0 Å². The van der Waals surface area contributed by atoms with Crippen LogP contribution in [0.5, 0.6) is 0 Å². The van der Waals surface area contributed by atoms with E-state index in [9.17, 15) is 0 Å². The van der Waals surface area contributed by atoms with Gasteiger partial charge in [-0.25, -0.2) is 0 Å². The molecule has 0 aliphatic rings. The average molecular weight is 256 g/mol. The lowest BCUT2D eigenvalue weighted by molar-refractivity contribution is 0.630. The highest BCUT2D eigenvalue weighted by Crippen LogP contribution is 2.31. The molecule has 1 nitrogen and oxygen atoms in total. The molecule has 0 aliphatic carbocycles. The molecule has 0 spiro atoms. The predicted octanol–water partition coefficient (Wildman–Crippen LogP) is 4.45. The Hall–Kier alpha value is -0.530. The minimum Gasteiger partial charge on any atom is -0.324 e. The molecule has 0 bridgehead atoms. The molecule has 0 radical (unpaired) electrons. The third kappa shape index (κ3) is 3.02. The number of halogens is 1. The lowest BCUT2D eigenvalue weighted by Crippen LogP contribution is -2.15. The Morgan fingerprint density at radius 1 is 0.824 bits per heavy atom. The van der Waals surface area contributed by atoms with E-state index in [0.29, 0.717) is 0 Å². The van der Waals surface area contributed by atoms with Gasteiger partial charge < -0.3 is 5.73 Å². The number of benzene rings is 1. The van der Waals surface area contributed by atoms with Crippen LogP contribution >= 0.6 is 12.4 Å². The molecule has 1 aromatic rings. The van der Waals surface area contributed by atoms with Gasteiger partial charge in [0.05, 0.1) is 0 Å². The van der Waals surface area contributed by atoms with Gasteiger partial charge >= 0.3 is 0 Å². The van der Waals surface area contributed by atoms with E-state index >= 15 is 0 Å². The summed E-state index contributed by atoms with van der Waals surface area (Å²) in [5.41, 5.74) is 14.7. The van der Waals surface area contributed by atoms with Gasteiger partial charge in [0.15, 0.2) is 0 Å². The molecule has 98 valence electrons. The molecule has 17 heavy (non-hydrogen) atoms. The Kier molecular flexibility index (Phi) is 6.22. The highest BCUT2D eigenvalue weighted by molar-refractivity contribution is 5.85. The first kappa shape index (κ1) is 16.5. The highest BCUT2D eigenvalue weighted by Gasteiger charge is 2.16. The Balaban J connectivity index is 0.00000256. The second-order valence-corrected chi connectivity index (χ2v) is 4.93. The molecule has 2 heteroatoms. The summed E-state index contributed by atoms with van der Waals surface area (Å²) in [7, 11) is 0. The monoisotopic (exact) mass is 255 g/mol. The first-order chi connectivity index (χ1) is 7.41. The maximum absolute atomic E-state index is 6.30. The van der Waals surface area contributed by atoms with Crippen molar-refractivity contribution in [3.05, 3.63) is 33.4 Å². The standard InChI is InChI=1S/C15H25N.ClH/c1-7-8-14(16)15-12(5)10(3)9(2)11(4)13(15)6;/h14H,7-8,16H2,1-6H3;1H/t14-;/m0./s1. The van der Waals surface area contributed by atoms with Crippen molar-refractivity contribution in [3.8, 4) is 0 Å². The van der Waals surface area contributed by atoms with Crippen LogP contribution < -0.4 is 5.73 Å². The third-order valence-electron chi connectivity index (χ3n) is 4.03. The topological polar surface area (TPSA) is 26.0 Å². The first-order valence-electron chi connectivity index (χ1n) is 6.24. The maximum atomic E-state index is 6.30. The minimum absolute atomic E-state index is 0. The largest absolute Gasteiger partial charge is 0.324 e. The summed E-state index contributed by atoms with van der Waals surface area (Å²) >= 11 is 0. The molecule has 0 unspecified atom stereocenters. The van der Waals surface area contributed by atoms with Crippen molar-refractivity contribution in [2.75, 3.05) is 0 Å². The highest BCUT2D eigenvalue weighted by atomic mass is 35.5. The molecule has 0 saturated carbocycles. The van der Waals surface area contributed by atoms with Gasteiger partial charge in [0.1, 0.15) is 0 Å². The van der Waals surface area contributed by atoms with Gasteiger partial charge in [-0.15, -0.1) is 12.4 Å². The van der Waals surface area contributed by atoms with Crippen molar-refractivity contribution in [3.63, 3.8) is 0 Å². The van der Waals surface area contributed by atoms with E-state index < -0.39 is 0 Å². The molecular weight excluding hydrogens is 230 g/mol. The van der Waals surface area contributed by atoms with Crippen molar-refractivity contribution < 1.29 is 0 Å². The molecule has 0 fully saturated rings. The van der Waals surface area contributed by atoms with Crippen molar-refractivity contribution in [2.24, 2.45) is 5.73 Å². The number of hydrogen-bond donors (Lipinski definition) is 1. The normalized spacial score (nSPS) is 12.2. The lowest BCUT2D eigenvalue weighted by atomic mass is 9.85. The predicted molar refractivity (Wildman–Crippen MR) is 79.2 cm³/mol. The molecule has 2 N–H and O–H groups in total. The Labute approximate surface area is 112 Å². The van der Waals surface area contributed by atoms with Crippen LogP contribution in [0.25, 0.3) is 0 Å². The molecule has 0 aromatic heterocycles. The lowest BCUT2D eigenvalue weighted by Gasteiger charge is -2.23. The summed E-state index contributed by atoms with van der Waals surface area (Å²) in [4.78, 5) is 0. The second-order valence-electron chi connectivity index (χ2n) is 4.93. The van der Waals surface area contributed by atoms with Crippen molar-refractivity contribution >= 4 is 12.4 Å². The van der Waals surface area contributed by atoms with Gasteiger partial charge in [-0.2, -0.15) is 0 Å².